The lowest BCUT2D eigenvalue weighted by Gasteiger charge is -2.50. The Morgan fingerprint density at radius 2 is 1.88 bits per heavy atom. The van der Waals surface area contributed by atoms with Gasteiger partial charge in [0.05, 0.1) is 4.47 Å². The van der Waals surface area contributed by atoms with Gasteiger partial charge in [-0.3, -0.25) is 4.90 Å². The maximum Gasteiger partial charge on any atom is 0.137 e. The fourth-order valence-corrected chi connectivity index (χ4v) is 5.24. The molecule has 24 heavy (non-hydrogen) atoms. The Balaban J connectivity index is 1.45. The number of halogens is 1. The first-order chi connectivity index (χ1) is 11.7. The van der Waals surface area contributed by atoms with Crippen molar-refractivity contribution in [3.8, 4) is 5.75 Å². The largest absolute Gasteiger partial charge is 0.484 e. The molecule has 0 saturated carbocycles. The van der Waals surface area contributed by atoms with E-state index in [1.807, 2.05) is 6.07 Å². The van der Waals surface area contributed by atoms with Gasteiger partial charge in [-0.2, -0.15) is 0 Å². The van der Waals surface area contributed by atoms with Crippen LogP contribution in [0.5, 0.6) is 5.75 Å². The van der Waals surface area contributed by atoms with Crippen LogP contribution >= 0.6 is 15.9 Å². The molecule has 4 aliphatic rings. The zero-order chi connectivity index (χ0) is 16.1. The van der Waals surface area contributed by atoms with E-state index in [9.17, 15) is 0 Å². The lowest BCUT2D eigenvalue weighted by molar-refractivity contribution is -0.0801. The van der Waals surface area contributed by atoms with Gasteiger partial charge < -0.3 is 10.1 Å². The van der Waals surface area contributed by atoms with E-state index in [0.29, 0.717) is 5.92 Å². The molecular formula is C20H21BrN2O. The molecule has 4 aliphatic heterocycles. The highest BCUT2D eigenvalue weighted by molar-refractivity contribution is 9.10. The van der Waals surface area contributed by atoms with Gasteiger partial charge in [0.2, 0.25) is 0 Å². The highest BCUT2D eigenvalue weighted by Crippen LogP contribution is 2.50. The molecule has 4 heterocycles. The molecular weight excluding hydrogens is 364 g/mol. The van der Waals surface area contributed by atoms with Gasteiger partial charge in [-0.05, 0) is 66.1 Å². The van der Waals surface area contributed by atoms with Gasteiger partial charge in [-0.25, -0.2) is 0 Å². The summed E-state index contributed by atoms with van der Waals surface area (Å²) in [6.45, 7) is 3.57. The number of rotatable bonds is 2. The summed E-state index contributed by atoms with van der Waals surface area (Å²) in [4.78, 5) is 2.57. The molecule has 4 heteroatoms. The highest BCUT2D eigenvalue weighted by atomic mass is 79.9. The Morgan fingerprint density at radius 3 is 2.58 bits per heavy atom. The second kappa shape index (κ2) is 5.50. The Kier molecular flexibility index (Phi) is 3.39. The molecule has 1 unspecified atom stereocenters. The van der Waals surface area contributed by atoms with Gasteiger partial charge in [0, 0.05) is 35.8 Å². The lowest BCUT2D eigenvalue weighted by atomic mass is 9.73. The van der Waals surface area contributed by atoms with Crippen molar-refractivity contribution in [2.75, 3.05) is 25.0 Å². The number of nitrogens with one attached hydrogen (secondary N) is 1. The summed E-state index contributed by atoms with van der Waals surface area (Å²) >= 11 is 3.74. The summed E-state index contributed by atoms with van der Waals surface area (Å²) < 4.78 is 7.65. The Morgan fingerprint density at radius 1 is 1.08 bits per heavy atom. The SMILES string of the molecule is Brc1cc(Nc2ccccc2)cc2c1OC1(C2)CN2CCC1CC2. The minimum Gasteiger partial charge on any atom is -0.484 e. The van der Waals surface area contributed by atoms with Gasteiger partial charge in [0.1, 0.15) is 11.4 Å². The first-order valence-corrected chi connectivity index (χ1v) is 9.57. The zero-order valence-corrected chi connectivity index (χ0v) is 15.2. The number of hydrogen-bond donors (Lipinski definition) is 1. The Bertz CT molecular complexity index is 771. The van der Waals surface area contributed by atoms with Crippen LogP contribution in [0, 0.1) is 5.92 Å². The van der Waals surface area contributed by atoms with Crippen molar-refractivity contribution in [3.63, 3.8) is 0 Å². The number of piperidine rings is 3. The zero-order valence-electron chi connectivity index (χ0n) is 13.6. The summed E-state index contributed by atoms with van der Waals surface area (Å²) in [6, 6.07) is 14.7. The van der Waals surface area contributed by atoms with Crippen molar-refractivity contribution in [1.29, 1.82) is 0 Å². The first kappa shape index (κ1) is 14.8. The van der Waals surface area contributed by atoms with Gasteiger partial charge in [-0.15, -0.1) is 0 Å². The van der Waals surface area contributed by atoms with Crippen molar-refractivity contribution < 1.29 is 4.74 Å². The average Bonchev–Trinajstić information content (AvgIpc) is 2.95. The summed E-state index contributed by atoms with van der Waals surface area (Å²) in [5.74, 6) is 1.76. The molecule has 3 nitrogen and oxygen atoms in total. The van der Waals surface area contributed by atoms with E-state index in [-0.39, 0.29) is 5.60 Å². The summed E-state index contributed by atoms with van der Waals surface area (Å²) in [6.07, 6.45) is 3.59. The lowest BCUT2D eigenvalue weighted by Crippen LogP contribution is -2.61. The molecule has 124 valence electrons. The number of para-hydroxylation sites is 1. The minimum atomic E-state index is 0.00667. The van der Waals surface area contributed by atoms with Crippen LogP contribution in [0.25, 0.3) is 0 Å². The van der Waals surface area contributed by atoms with Crippen molar-refractivity contribution >= 4 is 27.3 Å². The van der Waals surface area contributed by atoms with Crippen LogP contribution in [0.1, 0.15) is 18.4 Å². The molecule has 0 aliphatic carbocycles. The predicted octanol–water partition coefficient (Wildman–Crippen LogP) is 4.59. The monoisotopic (exact) mass is 384 g/mol. The maximum absolute atomic E-state index is 6.59. The van der Waals surface area contributed by atoms with Crippen molar-refractivity contribution in [2.24, 2.45) is 5.92 Å². The first-order valence-electron chi connectivity index (χ1n) is 8.78. The van der Waals surface area contributed by atoms with Crippen LogP contribution in [-0.4, -0.2) is 30.1 Å². The summed E-state index contributed by atoms with van der Waals surface area (Å²) in [5.41, 5.74) is 3.57. The topological polar surface area (TPSA) is 24.5 Å². The van der Waals surface area contributed by atoms with Crippen LogP contribution in [0.2, 0.25) is 0 Å². The third kappa shape index (κ3) is 2.35. The van der Waals surface area contributed by atoms with E-state index in [2.05, 4.69) is 62.5 Å². The summed E-state index contributed by atoms with van der Waals surface area (Å²) in [7, 11) is 0. The number of hydrogen-bond acceptors (Lipinski definition) is 3. The van der Waals surface area contributed by atoms with Gasteiger partial charge in [0.15, 0.2) is 0 Å². The fraction of sp³-hybridized carbons (Fsp3) is 0.400. The van der Waals surface area contributed by atoms with E-state index in [0.717, 1.165) is 34.6 Å². The molecule has 3 saturated heterocycles. The second-order valence-corrected chi connectivity index (χ2v) is 8.19. The van der Waals surface area contributed by atoms with Crippen molar-refractivity contribution in [3.05, 3.63) is 52.5 Å². The number of ether oxygens (including phenoxy) is 1. The fourth-order valence-electron chi connectivity index (χ4n) is 4.66. The van der Waals surface area contributed by atoms with E-state index in [1.165, 1.54) is 31.5 Å². The number of nitrogens with zero attached hydrogens (tertiary/aromatic N) is 1. The van der Waals surface area contributed by atoms with E-state index >= 15 is 0 Å². The quantitative estimate of drug-likeness (QED) is 0.818. The minimum absolute atomic E-state index is 0.00667. The van der Waals surface area contributed by atoms with Crippen LogP contribution in [0.15, 0.2) is 46.9 Å². The van der Waals surface area contributed by atoms with E-state index in [1.54, 1.807) is 0 Å². The highest BCUT2D eigenvalue weighted by Gasteiger charge is 2.52. The predicted molar refractivity (Wildman–Crippen MR) is 100 cm³/mol. The van der Waals surface area contributed by atoms with E-state index in [4.69, 9.17) is 4.74 Å². The molecule has 2 aromatic carbocycles. The molecule has 0 aromatic heterocycles. The molecule has 2 aromatic rings. The Labute approximate surface area is 151 Å². The molecule has 2 bridgehead atoms. The molecule has 1 N–H and O–H groups in total. The van der Waals surface area contributed by atoms with Gasteiger partial charge in [-0.1, -0.05) is 18.2 Å². The van der Waals surface area contributed by atoms with Crippen molar-refractivity contribution in [2.45, 2.75) is 24.9 Å². The van der Waals surface area contributed by atoms with Crippen LogP contribution in [-0.2, 0) is 6.42 Å². The van der Waals surface area contributed by atoms with Crippen LogP contribution < -0.4 is 10.1 Å². The van der Waals surface area contributed by atoms with E-state index < -0.39 is 0 Å². The molecule has 0 amide bonds. The van der Waals surface area contributed by atoms with Crippen LogP contribution in [0.4, 0.5) is 11.4 Å². The third-order valence-corrected chi connectivity index (χ3v) is 6.39. The molecule has 6 rings (SSSR count). The van der Waals surface area contributed by atoms with Crippen LogP contribution in [0.3, 0.4) is 0 Å². The van der Waals surface area contributed by atoms with Crippen molar-refractivity contribution in [1.82, 2.24) is 4.90 Å². The molecule has 3 fully saturated rings. The number of anilines is 2. The van der Waals surface area contributed by atoms with Gasteiger partial charge >= 0.3 is 0 Å². The number of benzene rings is 2. The second-order valence-electron chi connectivity index (χ2n) is 7.33. The maximum atomic E-state index is 6.59. The molecule has 1 spiro atoms. The smallest absolute Gasteiger partial charge is 0.137 e. The standard InChI is InChI=1S/C20H21BrN2O/c21-18-11-17(22-16-4-2-1-3-5-16)10-14-12-20(24-19(14)18)13-23-8-6-15(20)7-9-23/h1-5,10-11,15,22H,6-9,12-13H2. The third-order valence-electron chi connectivity index (χ3n) is 5.80. The molecule has 1 atom stereocenters. The average molecular weight is 385 g/mol. The summed E-state index contributed by atoms with van der Waals surface area (Å²) in [5, 5.41) is 3.50. The normalized spacial score (nSPS) is 30.2. The van der Waals surface area contributed by atoms with Gasteiger partial charge in [0.25, 0.3) is 0 Å². The molecule has 0 radical (unpaired) electrons. The Hall–Kier alpha value is -1.52. The number of fused-ring (bicyclic) bond motifs is 3.